The van der Waals surface area contributed by atoms with Crippen LogP contribution in [-0.4, -0.2) is 32.6 Å². The zero-order valence-corrected chi connectivity index (χ0v) is 10.3. The largest absolute Gasteiger partial charge is 0.389 e. The highest BCUT2D eigenvalue weighted by Crippen LogP contribution is 2.16. The third-order valence-electron chi connectivity index (χ3n) is 1.95. The van der Waals surface area contributed by atoms with Crippen LogP contribution in [0.15, 0.2) is 29.2 Å². The van der Waals surface area contributed by atoms with Crippen molar-refractivity contribution in [3.63, 3.8) is 0 Å². The summed E-state index contributed by atoms with van der Waals surface area (Å²) in [7, 11) is -0.364. The lowest BCUT2D eigenvalue weighted by molar-refractivity contribution is 0.199. The third kappa shape index (κ3) is 3.28. The standard InChI is InChI=1S/C10H16N2O3S/c1-8(13)9-5-4-6-10(7-9)16(14,15)11-12(2)3/h4-8,11,13H,1-3H3. The van der Waals surface area contributed by atoms with Gasteiger partial charge < -0.3 is 5.11 Å². The molecule has 0 bridgehead atoms. The zero-order valence-electron chi connectivity index (χ0n) is 9.51. The summed E-state index contributed by atoms with van der Waals surface area (Å²) in [5.74, 6) is 0. The van der Waals surface area contributed by atoms with Gasteiger partial charge in [-0.1, -0.05) is 12.1 Å². The molecule has 0 aromatic heterocycles. The monoisotopic (exact) mass is 244 g/mol. The minimum Gasteiger partial charge on any atom is -0.389 e. The summed E-state index contributed by atoms with van der Waals surface area (Å²) in [6, 6.07) is 6.22. The van der Waals surface area contributed by atoms with Crippen LogP contribution in [0.3, 0.4) is 0 Å². The molecule has 0 saturated heterocycles. The molecule has 2 N–H and O–H groups in total. The fourth-order valence-corrected chi connectivity index (χ4v) is 2.37. The van der Waals surface area contributed by atoms with Crippen LogP contribution >= 0.6 is 0 Å². The summed E-state index contributed by atoms with van der Waals surface area (Å²) in [5.41, 5.74) is 0.571. The number of aliphatic hydroxyl groups excluding tert-OH is 1. The van der Waals surface area contributed by atoms with Gasteiger partial charge in [0.05, 0.1) is 11.0 Å². The Morgan fingerprint density at radius 1 is 1.38 bits per heavy atom. The Balaban J connectivity index is 3.09. The molecule has 0 amide bonds. The van der Waals surface area contributed by atoms with Crippen LogP contribution in [0.4, 0.5) is 0 Å². The van der Waals surface area contributed by atoms with Gasteiger partial charge in [-0.3, -0.25) is 0 Å². The molecule has 0 heterocycles. The van der Waals surface area contributed by atoms with Crippen LogP contribution < -0.4 is 4.83 Å². The minimum absolute atomic E-state index is 0.139. The van der Waals surface area contributed by atoms with E-state index in [2.05, 4.69) is 4.83 Å². The maximum absolute atomic E-state index is 11.8. The fraction of sp³-hybridized carbons (Fsp3) is 0.400. The average Bonchev–Trinajstić information content (AvgIpc) is 2.16. The first kappa shape index (κ1) is 13.1. The number of sulfonamides is 1. The topological polar surface area (TPSA) is 69.6 Å². The van der Waals surface area contributed by atoms with Gasteiger partial charge in [-0.25, -0.2) is 13.4 Å². The smallest absolute Gasteiger partial charge is 0.253 e. The van der Waals surface area contributed by atoms with Gasteiger partial charge in [-0.05, 0) is 24.6 Å². The number of rotatable bonds is 4. The molecule has 1 atom stereocenters. The molecule has 0 radical (unpaired) electrons. The van der Waals surface area contributed by atoms with E-state index in [1.54, 1.807) is 33.2 Å². The van der Waals surface area contributed by atoms with E-state index in [9.17, 15) is 13.5 Å². The Labute approximate surface area is 95.7 Å². The first-order valence-corrected chi connectivity index (χ1v) is 6.29. The maximum Gasteiger partial charge on any atom is 0.253 e. The minimum atomic E-state index is -3.55. The Morgan fingerprint density at radius 3 is 2.50 bits per heavy atom. The molecule has 0 aliphatic heterocycles. The lowest BCUT2D eigenvalue weighted by Gasteiger charge is -2.13. The Hall–Kier alpha value is -0.950. The molecule has 0 saturated carbocycles. The highest BCUT2D eigenvalue weighted by molar-refractivity contribution is 7.89. The molecule has 0 aliphatic carbocycles. The average molecular weight is 244 g/mol. The van der Waals surface area contributed by atoms with Crippen LogP contribution in [0, 0.1) is 0 Å². The molecule has 1 aromatic rings. The van der Waals surface area contributed by atoms with Crippen molar-refractivity contribution in [2.45, 2.75) is 17.9 Å². The Kier molecular flexibility index (Phi) is 4.03. The first-order chi connectivity index (χ1) is 7.33. The van der Waals surface area contributed by atoms with E-state index >= 15 is 0 Å². The van der Waals surface area contributed by atoms with Crippen LogP contribution in [0.1, 0.15) is 18.6 Å². The van der Waals surface area contributed by atoms with Gasteiger partial charge in [-0.15, -0.1) is 4.83 Å². The fourth-order valence-electron chi connectivity index (χ4n) is 1.23. The number of nitrogens with zero attached hydrogens (tertiary/aromatic N) is 1. The quantitative estimate of drug-likeness (QED) is 0.757. The van der Waals surface area contributed by atoms with E-state index in [0.29, 0.717) is 5.56 Å². The SMILES string of the molecule is CC(O)c1cccc(S(=O)(=O)NN(C)C)c1. The zero-order chi connectivity index (χ0) is 12.3. The highest BCUT2D eigenvalue weighted by atomic mass is 32.2. The van der Waals surface area contributed by atoms with E-state index in [4.69, 9.17) is 0 Å². The molecular weight excluding hydrogens is 228 g/mol. The van der Waals surface area contributed by atoms with Crippen molar-refractivity contribution in [2.75, 3.05) is 14.1 Å². The van der Waals surface area contributed by atoms with Crippen LogP contribution in [0.25, 0.3) is 0 Å². The van der Waals surface area contributed by atoms with Gasteiger partial charge in [0.2, 0.25) is 0 Å². The molecule has 1 rings (SSSR count). The molecule has 5 nitrogen and oxygen atoms in total. The second kappa shape index (κ2) is 4.92. The van der Waals surface area contributed by atoms with Gasteiger partial charge in [0, 0.05) is 14.1 Å². The molecule has 1 unspecified atom stereocenters. The molecule has 0 spiro atoms. The molecule has 0 aliphatic rings. The second-order valence-electron chi connectivity index (χ2n) is 3.74. The van der Waals surface area contributed by atoms with Crippen molar-refractivity contribution in [2.24, 2.45) is 0 Å². The number of aliphatic hydroxyl groups is 1. The van der Waals surface area contributed by atoms with Gasteiger partial charge >= 0.3 is 0 Å². The highest BCUT2D eigenvalue weighted by Gasteiger charge is 2.15. The van der Waals surface area contributed by atoms with E-state index in [0.717, 1.165) is 0 Å². The Bertz CT molecular complexity index is 455. The van der Waals surface area contributed by atoms with Crippen molar-refractivity contribution < 1.29 is 13.5 Å². The molecule has 0 fully saturated rings. The molecule has 16 heavy (non-hydrogen) atoms. The summed E-state index contributed by atoms with van der Waals surface area (Å²) < 4.78 is 23.6. The maximum atomic E-state index is 11.8. The van der Waals surface area contributed by atoms with E-state index < -0.39 is 16.1 Å². The van der Waals surface area contributed by atoms with Crippen molar-refractivity contribution in [1.29, 1.82) is 0 Å². The summed E-state index contributed by atoms with van der Waals surface area (Å²) in [6.07, 6.45) is -0.686. The third-order valence-corrected chi connectivity index (χ3v) is 3.43. The first-order valence-electron chi connectivity index (χ1n) is 4.81. The van der Waals surface area contributed by atoms with Crippen molar-refractivity contribution in [3.05, 3.63) is 29.8 Å². The number of hydrogen-bond donors (Lipinski definition) is 2. The van der Waals surface area contributed by atoms with Crippen molar-refractivity contribution in [1.82, 2.24) is 9.84 Å². The molecule has 6 heteroatoms. The normalized spacial score (nSPS) is 14.1. The summed E-state index contributed by atoms with van der Waals surface area (Å²) >= 11 is 0. The summed E-state index contributed by atoms with van der Waals surface area (Å²) in [6.45, 7) is 1.59. The predicted molar refractivity (Wildman–Crippen MR) is 61.1 cm³/mol. The summed E-state index contributed by atoms with van der Waals surface area (Å²) in [5, 5.41) is 10.7. The van der Waals surface area contributed by atoms with Gasteiger partial charge in [0.25, 0.3) is 10.0 Å². The van der Waals surface area contributed by atoms with Crippen LogP contribution in [0.2, 0.25) is 0 Å². The lowest BCUT2D eigenvalue weighted by atomic mass is 10.1. The molecular formula is C10H16N2O3S. The summed E-state index contributed by atoms with van der Waals surface area (Å²) in [4.78, 5) is 2.46. The van der Waals surface area contributed by atoms with Gasteiger partial charge in [0.1, 0.15) is 0 Å². The lowest BCUT2D eigenvalue weighted by Crippen LogP contribution is -2.36. The van der Waals surface area contributed by atoms with E-state index in [1.165, 1.54) is 17.1 Å². The predicted octanol–water partition coefficient (Wildman–Crippen LogP) is 0.495. The van der Waals surface area contributed by atoms with E-state index in [1.807, 2.05) is 0 Å². The number of nitrogens with one attached hydrogen (secondary N) is 1. The van der Waals surface area contributed by atoms with Crippen molar-refractivity contribution in [3.8, 4) is 0 Å². The number of hydrazine groups is 1. The van der Waals surface area contributed by atoms with E-state index in [-0.39, 0.29) is 4.90 Å². The number of hydrogen-bond acceptors (Lipinski definition) is 4. The Morgan fingerprint density at radius 2 is 2.00 bits per heavy atom. The number of benzene rings is 1. The molecule has 1 aromatic carbocycles. The van der Waals surface area contributed by atoms with Gasteiger partial charge in [0.15, 0.2) is 0 Å². The van der Waals surface area contributed by atoms with Gasteiger partial charge in [-0.2, -0.15) is 0 Å². The molecule has 90 valence electrons. The van der Waals surface area contributed by atoms with Crippen LogP contribution in [0.5, 0.6) is 0 Å². The second-order valence-corrected chi connectivity index (χ2v) is 5.40. The van der Waals surface area contributed by atoms with Crippen molar-refractivity contribution >= 4 is 10.0 Å². The van der Waals surface area contributed by atoms with Crippen LogP contribution in [-0.2, 0) is 10.0 Å².